The fraction of sp³-hybridized carbons (Fsp3) is 0.192. The third-order valence-electron chi connectivity index (χ3n) is 5.78. The molecule has 0 spiro atoms. The zero-order valence-electron chi connectivity index (χ0n) is 18.4. The number of nitrogens with zero attached hydrogens (tertiary/aromatic N) is 2. The molecule has 0 aliphatic carbocycles. The van der Waals surface area contributed by atoms with Gasteiger partial charge in [-0.15, -0.1) is 11.3 Å². The molecule has 2 atom stereocenters. The van der Waals surface area contributed by atoms with E-state index in [1.54, 1.807) is 54.1 Å². The number of ether oxygens (including phenoxy) is 2. The highest BCUT2D eigenvalue weighted by atomic mass is 32.1. The Morgan fingerprint density at radius 2 is 2.18 bits per heavy atom. The lowest BCUT2D eigenvalue weighted by atomic mass is 9.94. The van der Waals surface area contributed by atoms with Crippen LogP contribution in [0.4, 0.5) is 5.13 Å². The average molecular weight is 475 g/mol. The number of Topliss-reactive ketones (excluding diaryl/α,β-unsaturated/α-hetero) is 1. The largest absolute Gasteiger partial charge is 0.507 e. The molecular weight excluding hydrogens is 452 g/mol. The standard InChI is InChI=1S/C26H22N2O5S/c1-3-10-32-19-6-4-5-16(14-19)22-21(24(30)25(31)28(22)26-27-9-11-34-26)23(29)17-7-8-20-18(13-17)12-15(2)33-20/h3-9,11,13-15,22,29H,1,10,12H2,2H3/t15-,22-/m1/s1. The van der Waals surface area contributed by atoms with E-state index in [1.165, 1.54) is 16.2 Å². The van der Waals surface area contributed by atoms with Crippen LogP contribution in [0.3, 0.4) is 0 Å². The lowest BCUT2D eigenvalue weighted by Gasteiger charge is -2.23. The molecular formula is C26H22N2O5S. The summed E-state index contributed by atoms with van der Waals surface area (Å²) in [5, 5.41) is 13.4. The Labute approximate surface area is 200 Å². The zero-order chi connectivity index (χ0) is 23.8. The number of amides is 1. The number of aliphatic hydroxyl groups excluding tert-OH is 1. The highest BCUT2D eigenvalue weighted by Gasteiger charge is 2.48. The third-order valence-corrected chi connectivity index (χ3v) is 6.55. The van der Waals surface area contributed by atoms with Gasteiger partial charge in [-0.1, -0.05) is 24.8 Å². The summed E-state index contributed by atoms with van der Waals surface area (Å²) in [6, 6.07) is 11.5. The molecule has 0 unspecified atom stereocenters. The van der Waals surface area contributed by atoms with E-state index in [2.05, 4.69) is 11.6 Å². The van der Waals surface area contributed by atoms with Crippen molar-refractivity contribution < 1.29 is 24.2 Å². The van der Waals surface area contributed by atoms with Gasteiger partial charge in [0.15, 0.2) is 5.13 Å². The highest BCUT2D eigenvalue weighted by Crippen LogP contribution is 2.44. The van der Waals surface area contributed by atoms with Crippen LogP contribution in [0.5, 0.6) is 11.5 Å². The molecule has 5 rings (SSSR count). The normalized spacial score (nSPS) is 20.8. The van der Waals surface area contributed by atoms with Crippen molar-refractivity contribution in [2.45, 2.75) is 25.5 Å². The van der Waals surface area contributed by atoms with E-state index in [-0.39, 0.29) is 17.4 Å². The van der Waals surface area contributed by atoms with Crippen LogP contribution in [0.1, 0.15) is 29.7 Å². The third kappa shape index (κ3) is 3.76. The topological polar surface area (TPSA) is 89.0 Å². The number of thiazole rings is 1. The quantitative estimate of drug-likeness (QED) is 0.242. The number of aromatic nitrogens is 1. The molecule has 1 fully saturated rings. The molecule has 0 saturated carbocycles. The van der Waals surface area contributed by atoms with E-state index >= 15 is 0 Å². The van der Waals surface area contributed by atoms with Crippen molar-refractivity contribution in [3.05, 3.63) is 89.0 Å². The van der Waals surface area contributed by atoms with E-state index < -0.39 is 17.7 Å². The van der Waals surface area contributed by atoms with Crippen LogP contribution in [0.2, 0.25) is 0 Å². The van der Waals surface area contributed by atoms with Crippen molar-refractivity contribution in [3.8, 4) is 11.5 Å². The van der Waals surface area contributed by atoms with Gasteiger partial charge in [-0.3, -0.25) is 14.5 Å². The van der Waals surface area contributed by atoms with Crippen molar-refractivity contribution in [3.63, 3.8) is 0 Å². The number of ketones is 1. The Bertz CT molecular complexity index is 1310. The van der Waals surface area contributed by atoms with Gasteiger partial charge in [0.05, 0.1) is 11.6 Å². The lowest BCUT2D eigenvalue weighted by Crippen LogP contribution is -2.29. The van der Waals surface area contributed by atoms with Gasteiger partial charge in [0.2, 0.25) is 0 Å². The second-order valence-electron chi connectivity index (χ2n) is 8.11. The van der Waals surface area contributed by atoms with Crippen molar-refractivity contribution in [1.29, 1.82) is 0 Å². The maximum absolute atomic E-state index is 13.3. The smallest absolute Gasteiger partial charge is 0.301 e. The number of aliphatic hydroxyl groups is 1. The molecule has 2 aliphatic rings. The first-order chi connectivity index (χ1) is 16.5. The van der Waals surface area contributed by atoms with E-state index in [0.717, 1.165) is 11.3 Å². The first-order valence-corrected chi connectivity index (χ1v) is 11.7. The van der Waals surface area contributed by atoms with Crippen LogP contribution in [0.15, 0.2) is 72.3 Å². The molecule has 1 saturated heterocycles. The number of benzene rings is 2. The molecule has 8 heteroatoms. The number of hydrogen-bond acceptors (Lipinski definition) is 7. The molecule has 3 heterocycles. The minimum atomic E-state index is -0.859. The Kier molecular flexibility index (Phi) is 5.67. The Morgan fingerprint density at radius 3 is 2.94 bits per heavy atom. The Morgan fingerprint density at radius 1 is 1.32 bits per heavy atom. The van der Waals surface area contributed by atoms with Gasteiger partial charge >= 0.3 is 5.91 Å². The van der Waals surface area contributed by atoms with Crippen LogP contribution in [0, 0.1) is 0 Å². The van der Waals surface area contributed by atoms with Crippen LogP contribution < -0.4 is 14.4 Å². The fourth-order valence-corrected chi connectivity index (χ4v) is 5.00. The van der Waals surface area contributed by atoms with E-state index in [0.29, 0.717) is 35.0 Å². The summed E-state index contributed by atoms with van der Waals surface area (Å²) >= 11 is 1.25. The van der Waals surface area contributed by atoms with Crippen LogP contribution in [-0.4, -0.2) is 34.5 Å². The molecule has 1 amide bonds. The number of carbonyl (C=O) groups is 2. The SMILES string of the molecule is C=CCOc1cccc([C@@H]2C(=C(O)c3ccc4c(c3)C[C@@H](C)O4)C(=O)C(=O)N2c2nccs2)c1. The minimum absolute atomic E-state index is 0.00739. The van der Waals surface area contributed by atoms with Crippen molar-refractivity contribution >= 4 is 33.9 Å². The Hall–Kier alpha value is -3.91. The molecule has 3 aromatic rings. The number of rotatable bonds is 6. The van der Waals surface area contributed by atoms with E-state index in [1.807, 2.05) is 13.0 Å². The van der Waals surface area contributed by atoms with Gasteiger partial charge in [0, 0.05) is 23.6 Å². The number of carbonyl (C=O) groups excluding carboxylic acids is 2. The highest BCUT2D eigenvalue weighted by molar-refractivity contribution is 7.14. The molecule has 1 aromatic heterocycles. The maximum atomic E-state index is 13.3. The summed E-state index contributed by atoms with van der Waals surface area (Å²) in [7, 11) is 0. The molecule has 0 bridgehead atoms. The molecule has 172 valence electrons. The van der Waals surface area contributed by atoms with Crippen molar-refractivity contribution in [2.75, 3.05) is 11.5 Å². The van der Waals surface area contributed by atoms with Gasteiger partial charge in [-0.25, -0.2) is 4.98 Å². The minimum Gasteiger partial charge on any atom is -0.507 e. The van der Waals surface area contributed by atoms with Gasteiger partial charge in [0.1, 0.15) is 30.0 Å². The molecule has 1 N–H and O–H groups in total. The van der Waals surface area contributed by atoms with Gasteiger partial charge < -0.3 is 14.6 Å². The first-order valence-electron chi connectivity index (χ1n) is 10.8. The zero-order valence-corrected chi connectivity index (χ0v) is 19.2. The van der Waals surface area contributed by atoms with E-state index in [4.69, 9.17) is 9.47 Å². The Balaban J connectivity index is 1.66. The lowest BCUT2D eigenvalue weighted by molar-refractivity contribution is -0.132. The number of fused-ring (bicyclic) bond motifs is 1. The maximum Gasteiger partial charge on any atom is 0.301 e. The summed E-state index contributed by atoms with van der Waals surface area (Å²) in [6.45, 7) is 5.94. The summed E-state index contributed by atoms with van der Waals surface area (Å²) in [6.07, 6.45) is 3.95. The fourth-order valence-electron chi connectivity index (χ4n) is 4.33. The number of anilines is 1. The summed E-state index contributed by atoms with van der Waals surface area (Å²) in [5.74, 6) is -0.416. The summed E-state index contributed by atoms with van der Waals surface area (Å²) in [4.78, 5) is 32.0. The second kappa shape index (κ2) is 8.79. The second-order valence-corrected chi connectivity index (χ2v) is 8.98. The van der Waals surface area contributed by atoms with Gasteiger partial charge in [0.25, 0.3) is 5.78 Å². The molecule has 34 heavy (non-hydrogen) atoms. The van der Waals surface area contributed by atoms with Gasteiger partial charge in [-0.2, -0.15) is 0 Å². The predicted octanol–water partition coefficient (Wildman–Crippen LogP) is 4.66. The van der Waals surface area contributed by atoms with Crippen LogP contribution in [-0.2, 0) is 16.0 Å². The van der Waals surface area contributed by atoms with Crippen molar-refractivity contribution in [1.82, 2.24) is 4.98 Å². The van der Waals surface area contributed by atoms with Crippen LogP contribution >= 0.6 is 11.3 Å². The van der Waals surface area contributed by atoms with E-state index in [9.17, 15) is 14.7 Å². The van der Waals surface area contributed by atoms with Crippen LogP contribution in [0.25, 0.3) is 5.76 Å². The van der Waals surface area contributed by atoms with Gasteiger partial charge in [-0.05, 0) is 48.4 Å². The first kappa shape index (κ1) is 21.9. The molecule has 7 nitrogen and oxygen atoms in total. The summed E-state index contributed by atoms with van der Waals surface area (Å²) < 4.78 is 11.4. The molecule has 2 aromatic carbocycles. The average Bonchev–Trinajstić information content (AvgIpc) is 3.55. The number of hydrogen-bond donors (Lipinski definition) is 1. The molecule has 0 radical (unpaired) electrons. The molecule has 2 aliphatic heterocycles. The predicted molar refractivity (Wildman–Crippen MR) is 129 cm³/mol. The monoisotopic (exact) mass is 474 g/mol. The summed E-state index contributed by atoms with van der Waals surface area (Å²) in [5.41, 5.74) is 2.03. The van der Waals surface area contributed by atoms with Crippen molar-refractivity contribution in [2.24, 2.45) is 0 Å².